The minimum atomic E-state index is -0.0426. The fraction of sp³-hybridized carbons (Fsp3) is 0.950. The van der Waals surface area contributed by atoms with Crippen molar-refractivity contribution < 1.29 is 9.53 Å². The zero-order valence-corrected chi connectivity index (χ0v) is 16.7. The standard InChI is InChI=1S/C20H38O2/c1-12(2)13-14(18(3,4)5)15(19(6,7)8)16(20(9,10)11)22-17(13)21/h12-16H,1-11H3. The van der Waals surface area contributed by atoms with Crippen molar-refractivity contribution in [3.05, 3.63) is 0 Å². The molecule has 1 aliphatic heterocycles. The van der Waals surface area contributed by atoms with Crippen molar-refractivity contribution in [2.75, 3.05) is 0 Å². The summed E-state index contributed by atoms with van der Waals surface area (Å²) in [6.45, 7) is 24.6. The van der Waals surface area contributed by atoms with Crippen LogP contribution in [0.5, 0.6) is 0 Å². The zero-order valence-electron chi connectivity index (χ0n) is 16.7. The van der Waals surface area contributed by atoms with Crippen LogP contribution < -0.4 is 0 Å². The minimum absolute atomic E-state index is 0.00958. The third-order valence-corrected chi connectivity index (χ3v) is 5.19. The second-order valence-corrected chi connectivity index (χ2v) is 10.8. The highest BCUT2D eigenvalue weighted by atomic mass is 16.5. The molecule has 0 radical (unpaired) electrons. The fourth-order valence-electron chi connectivity index (χ4n) is 4.31. The SMILES string of the molecule is CC(C)C1C(=O)OC(C(C)(C)C)C(C(C)(C)C)C1C(C)(C)C. The average Bonchev–Trinajstić information content (AvgIpc) is 2.22. The van der Waals surface area contributed by atoms with Crippen molar-refractivity contribution in [1.82, 2.24) is 0 Å². The summed E-state index contributed by atoms with van der Waals surface area (Å²) in [7, 11) is 0. The number of carbonyl (C=O) groups excluding carboxylic acids is 1. The molecule has 2 nitrogen and oxygen atoms in total. The van der Waals surface area contributed by atoms with Gasteiger partial charge in [0.15, 0.2) is 0 Å². The van der Waals surface area contributed by atoms with E-state index in [-0.39, 0.29) is 34.2 Å². The minimum Gasteiger partial charge on any atom is -0.461 e. The number of carbonyl (C=O) groups is 1. The Labute approximate surface area is 138 Å². The van der Waals surface area contributed by atoms with E-state index in [0.717, 1.165) is 0 Å². The lowest BCUT2D eigenvalue weighted by atomic mass is 9.53. The van der Waals surface area contributed by atoms with Crippen LogP contribution in [-0.2, 0) is 9.53 Å². The predicted octanol–water partition coefficient (Wildman–Crippen LogP) is 5.55. The van der Waals surface area contributed by atoms with Crippen LogP contribution in [0, 0.1) is 39.9 Å². The van der Waals surface area contributed by atoms with Gasteiger partial charge in [0.1, 0.15) is 6.10 Å². The van der Waals surface area contributed by atoms with Gasteiger partial charge in [0.05, 0.1) is 5.92 Å². The Morgan fingerprint density at radius 2 is 1.18 bits per heavy atom. The molecule has 0 aromatic heterocycles. The van der Waals surface area contributed by atoms with Gasteiger partial charge in [-0.3, -0.25) is 4.79 Å². The van der Waals surface area contributed by atoms with E-state index in [0.29, 0.717) is 17.8 Å². The molecule has 0 amide bonds. The molecule has 4 unspecified atom stereocenters. The normalized spacial score (nSPS) is 31.4. The molecule has 1 aliphatic rings. The van der Waals surface area contributed by atoms with Crippen LogP contribution in [0.15, 0.2) is 0 Å². The second kappa shape index (κ2) is 5.83. The van der Waals surface area contributed by atoms with Crippen molar-refractivity contribution in [2.24, 2.45) is 39.9 Å². The molecule has 0 N–H and O–H groups in total. The summed E-state index contributed by atoms with van der Waals surface area (Å²) < 4.78 is 6.05. The summed E-state index contributed by atoms with van der Waals surface area (Å²) in [5.74, 6) is 0.997. The van der Waals surface area contributed by atoms with Gasteiger partial charge in [-0.2, -0.15) is 0 Å². The summed E-state index contributed by atoms with van der Waals surface area (Å²) >= 11 is 0. The van der Waals surface area contributed by atoms with Crippen LogP contribution >= 0.6 is 0 Å². The molecule has 0 aromatic carbocycles. The largest absolute Gasteiger partial charge is 0.461 e. The molecule has 0 bridgehead atoms. The van der Waals surface area contributed by atoms with Crippen LogP contribution in [0.3, 0.4) is 0 Å². The predicted molar refractivity (Wildman–Crippen MR) is 93.6 cm³/mol. The fourth-order valence-corrected chi connectivity index (χ4v) is 4.31. The van der Waals surface area contributed by atoms with Crippen LogP contribution in [0.25, 0.3) is 0 Å². The van der Waals surface area contributed by atoms with E-state index in [4.69, 9.17) is 4.74 Å². The van der Waals surface area contributed by atoms with Crippen LogP contribution in [-0.4, -0.2) is 12.1 Å². The third kappa shape index (κ3) is 3.86. The smallest absolute Gasteiger partial charge is 0.309 e. The summed E-state index contributed by atoms with van der Waals surface area (Å²) in [4.78, 5) is 12.8. The zero-order chi connectivity index (χ0) is 17.7. The summed E-state index contributed by atoms with van der Waals surface area (Å²) in [6, 6.07) is 0. The lowest BCUT2D eigenvalue weighted by Crippen LogP contribution is -2.58. The van der Waals surface area contributed by atoms with Gasteiger partial charge in [-0.15, -0.1) is 0 Å². The Kier molecular flexibility index (Phi) is 5.18. The number of hydrogen-bond donors (Lipinski definition) is 0. The average molecular weight is 311 g/mol. The van der Waals surface area contributed by atoms with Gasteiger partial charge in [0.25, 0.3) is 0 Å². The number of ether oxygens (including phenoxy) is 1. The highest BCUT2D eigenvalue weighted by Crippen LogP contribution is 2.55. The summed E-state index contributed by atoms with van der Waals surface area (Å²) in [6.07, 6.45) is -0.0285. The van der Waals surface area contributed by atoms with E-state index in [1.807, 2.05) is 0 Å². The highest BCUT2D eigenvalue weighted by molar-refractivity contribution is 5.74. The maximum atomic E-state index is 12.8. The Bertz CT molecular complexity index is 401. The van der Waals surface area contributed by atoms with Crippen LogP contribution in [0.2, 0.25) is 0 Å². The number of rotatable bonds is 1. The molecule has 22 heavy (non-hydrogen) atoms. The first-order valence-electron chi connectivity index (χ1n) is 8.79. The summed E-state index contributed by atoms with van der Waals surface area (Å²) in [5.41, 5.74) is 0.138. The van der Waals surface area contributed by atoms with Gasteiger partial charge in [-0.1, -0.05) is 76.2 Å². The molecule has 1 saturated heterocycles. The Hall–Kier alpha value is -0.530. The lowest BCUT2D eigenvalue weighted by Gasteiger charge is -2.56. The molecular weight excluding hydrogens is 272 g/mol. The molecule has 4 atom stereocenters. The molecular formula is C20H38O2. The molecule has 2 heteroatoms. The molecule has 1 heterocycles. The van der Waals surface area contributed by atoms with Gasteiger partial charge in [0.2, 0.25) is 0 Å². The van der Waals surface area contributed by atoms with E-state index < -0.39 is 0 Å². The molecule has 0 saturated carbocycles. The van der Waals surface area contributed by atoms with Gasteiger partial charge in [-0.05, 0) is 28.1 Å². The molecule has 0 spiro atoms. The third-order valence-electron chi connectivity index (χ3n) is 5.19. The van der Waals surface area contributed by atoms with Crippen LogP contribution in [0.4, 0.5) is 0 Å². The van der Waals surface area contributed by atoms with Gasteiger partial charge in [0, 0.05) is 5.92 Å². The monoisotopic (exact) mass is 310 g/mol. The van der Waals surface area contributed by atoms with Crippen molar-refractivity contribution in [3.63, 3.8) is 0 Å². The van der Waals surface area contributed by atoms with Crippen molar-refractivity contribution in [2.45, 2.75) is 82.3 Å². The second-order valence-electron chi connectivity index (χ2n) is 10.8. The lowest BCUT2D eigenvalue weighted by molar-refractivity contribution is -0.206. The number of cyclic esters (lactones) is 1. The van der Waals surface area contributed by atoms with E-state index >= 15 is 0 Å². The molecule has 130 valence electrons. The topological polar surface area (TPSA) is 26.3 Å². The van der Waals surface area contributed by atoms with Crippen molar-refractivity contribution in [1.29, 1.82) is 0 Å². The van der Waals surface area contributed by atoms with Crippen molar-refractivity contribution >= 4 is 5.97 Å². The van der Waals surface area contributed by atoms with Gasteiger partial charge in [-0.25, -0.2) is 0 Å². The maximum Gasteiger partial charge on any atom is 0.309 e. The Balaban J connectivity index is 3.50. The Morgan fingerprint density at radius 3 is 1.45 bits per heavy atom. The number of esters is 1. The molecule has 0 aromatic rings. The molecule has 1 fully saturated rings. The Morgan fingerprint density at radius 1 is 0.773 bits per heavy atom. The quantitative estimate of drug-likeness (QED) is 0.593. The van der Waals surface area contributed by atoms with Gasteiger partial charge < -0.3 is 4.74 Å². The van der Waals surface area contributed by atoms with E-state index in [1.54, 1.807) is 0 Å². The first kappa shape index (κ1) is 19.5. The van der Waals surface area contributed by atoms with E-state index in [9.17, 15) is 4.79 Å². The van der Waals surface area contributed by atoms with Crippen LogP contribution in [0.1, 0.15) is 76.2 Å². The van der Waals surface area contributed by atoms with E-state index in [1.165, 1.54) is 0 Å². The molecule has 0 aliphatic carbocycles. The first-order chi connectivity index (χ1) is 9.58. The first-order valence-corrected chi connectivity index (χ1v) is 8.79. The molecule has 1 rings (SSSR count). The van der Waals surface area contributed by atoms with Crippen molar-refractivity contribution in [3.8, 4) is 0 Å². The van der Waals surface area contributed by atoms with Gasteiger partial charge >= 0.3 is 5.97 Å². The summed E-state index contributed by atoms with van der Waals surface area (Å²) in [5, 5.41) is 0. The van der Waals surface area contributed by atoms with E-state index in [2.05, 4.69) is 76.2 Å². The maximum absolute atomic E-state index is 12.8. The number of hydrogen-bond acceptors (Lipinski definition) is 2. The highest BCUT2D eigenvalue weighted by Gasteiger charge is 2.57.